The molecule has 2 rings (SSSR count). The highest BCUT2D eigenvalue weighted by Crippen LogP contribution is 2.26. The Kier molecular flexibility index (Phi) is 4.77. The Morgan fingerprint density at radius 3 is 2.75 bits per heavy atom. The molecule has 6 heteroatoms. The van der Waals surface area contributed by atoms with Gasteiger partial charge in [-0.25, -0.2) is 4.98 Å². The highest BCUT2D eigenvalue weighted by atomic mass is 79.9. The van der Waals surface area contributed by atoms with Crippen molar-refractivity contribution in [1.82, 2.24) is 4.98 Å². The molecule has 0 spiro atoms. The van der Waals surface area contributed by atoms with Crippen LogP contribution in [0.1, 0.15) is 23.0 Å². The molecular weight excluding hydrogens is 386 g/mol. The fourth-order valence-electron chi connectivity index (χ4n) is 1.71. The second-order valence-electron chi connectivity index (χ2n) is 4.20. The van der Waals surface area contributed by atoms with Crippen LogP contribution in [-0.4, -0.2) is 10.9 Å². The van der Waals surface area contributed by atoms with E-state index in [1.807, 2.05) is 25.1 Å². The van der Waals surface area contributed by atoms with Crippen LogP contribution in [0.5, 0.6) is 0 Å². The minimum Gasteiger partial charge on any atom is -0.384 e. The number of nitrogens with one attached hydrogen (secondary N) is 1. The van der Waals surface area contributed by atoms with E-state index in [1.54, 1.807) is 12.1 Å². The number of anilines is 2. The Hall–Kier alpha value is -1.40. The fourth-order valence-corrected chi connectivity index (χ4v) is 2.42. The molecule has 1 amide bonds. The lowest BCUT2D eigenvalue weighted by Crippen LogP contribution is -2.13. The summed E-state index contributed by atoms with van der Waals surface area (Å²) in [6.07, 6.45) is 0.728. The summed E-state index contributed by atoms with van der Waals surface area (Å²) in [5, 5.41) is 2.85. The van der Waals surface area contributed by atoms with Crippen molar-refractivity contribution in [2.24, 2.45) is 0 Å². The lowest BCUT2D eigenvalue weighted by molar-refractivity contribution is 0.102. The summed E-state index contributed by atoms with van der Waals surface area (Å²) >= 11 is 6.78. The average molecular weight is 399 g/mol. The van der Waals surface area contributed by atoms with Crippen LogP contribution in [-0.2, 0) is 6.42 Å². The molecule has 0 aliphatic rings. The van der Waals surface area contributed by atoms with E-state index in [4.69, 9.17) is 5.73 Å². The second-order valence-corrected chi connectivity index (χ2v) is 5.97. The first-order chi connectivity index (χ1) is 9.49. The van der Waals surface area contributed by atoms with Crippen LogP contribution >= 0.6 is 31.9 Å². The van der Waals surface area contributed by atoms with Gasteiger partial charge in [-0.1, -0.05) is 22.9 Å². The minimum atomic E-state index is -0.215. The highest BCUT2D eigenvalue weighted by molar-refractivity contribution is 9.11. The number of aryl methyl sites for hydroxylation is 1. The van der Waals surface area contributed by atoms with Crippen molar-refractivity contribution in [2.75, 3.05) is 11.1 Å². The summed E-state index contributed by atoms with van der Waals surface area (Å²) in [5.41, 5.74) is 7.70. The predicted octanol–water partition coefficient (Wildman–Crippen LogP) is 4.00. The lowest BCUT2D eigenvalue weighted by atomic mass is 10.1. The number of hydrogen-bond donors (Lipinski definition) is 2. The van der Waals surface area contributed by atoms with E-state index >= 15 is 0 Å². The topological polar surface area (TPSA) is 68.0 Å². The fraction of sp³-hybridized carbons (Fsp3) is 0.143. The van der Waals surface area contributed by atoms with Gasteiger partial charge in [-0.05, 0) is 52.7 Å². The number of nitrogen functional groups attached to an aromatic ring is 1. The quantitative estimate of drug-likeness (QED) is 0.820. The van der Waals surface area contributed by atoms with Crippen molar-refractivity contribution in [3.05, 3.63) is 50.5 Å². The van der Waals surface area contributed by atoms with Crippen LogP contribution in [0, 0.1) is 0 Å². The zero-order chi connectivity index (χ0) is 14.7. The van der Waals surface area contributed by atoms with Gasteiger partial charge < -0.3 is 11.1 Å². The van der Waals surface area contributed by atoms with Gasteiger partial charge in [-0.2, -0.15) is 0 Å². The lowest BCUT2D eigenvalue weighted by Gasteiger charge is -2.09. The number of aromatic nitrogens is 1. The summed E-state index contributed by atoms with van der Waals surface area (Å²) in [4.78, 5) is 16.4. The Labute approximate surface area is 134 Å². The smallest absolute Gasteiger partial charge is 0.255 e. The number of carbonyl (C=O) groups is 1. The summed E-state index contributed by atoms with van der Waals surface area (Å²) in [6.45, 7) is 1.97. The molecule has 0 unspecified atom stereocenters. The third kappa shape index (κ3) is 3.58. The Balaban J connectivity index is 2.28. The van der Waals surface area contributed by atoms with Gasteiger partial charge in [0, 0.05) is 20.2 Å². The largest absolute Gasteiger partial charge is 0.384 e. The van der Waals surface area contributed by atoms with Crippen molar-refractivity contribution < 1.29 is 4.79 Å². The first-order valence-electron chi connectivity index (χ1n) is 6.02. The van der Waals surface area contributed by atoms with Crippen LogP contribution in [0.2, 0.25) is 0 Å². The van der Waals surface area contributed by atoms with E-state index < -0.39 is 0 Å². The molecule has 0 radical (unpaired) electrons. The van der Waals surface area contributed by atoms with Gasteiger partial charge in [0.25, 0.3) is 5.91 Å². The third-order valence-electron chi connectivity index (χ3n) is 2.70. The number of pyridine rings is 1. The number of benzene rings is 1. The molecule has 20 heavy (non-hydrogen) atoms. The first kappa shape index (κ1) is 15.0. The molecule has 0 aliphatic carbocycles. The number of amides is 1. The molecule has 104 valence electrons. The molecule has 2 aromatic rings. The number of rotatable bonds is 3. The van der Waals surface area contributed by atoms with Crippen molar-refractivity contribution in [2.45, 2.75) is 13.3 Å². The Morgan fingerprint density at radius 2 is 2.05 bits per heavy atom. The maximum absolute atomic E-state index is 12.3. The molecule has 0 atom stereocenters. The molecule has 1 aromatic carbocycles. The predicted molar refractivity (Wildman–Crippen MR) is 87.8 cm³/mol. The zero-order valence-corrected chi connectivity index (χ0v) is 14.0. The Bertz CT molecular complexity index is 659. The van der Waals surface area contributed by atoms with E-state index in [0.717, 1.165) is 21.1 Å². The van der Waals surface area contributed by atoms with Gasteiger partial charge in [0.2, 0.25) is 0 Å². The van der Waals surface area contributed by atoms with Gasteiger partial charge in [0.1, 0.15) is 5.82 Å². The molecule has 3 N–H and O–H groups in total. The van der Waals surface area contributed by atoms with Crippen molar-refractivity contribution in [1.29, 1.82) is 0 Å². The van der Waals surface area contributed by atoms with Crippen molar-refractivity contribution in [3.63, 3.8) is 0 Å². The molecule has 0 aliphatic heterocycles. The average Bonchev–Trinajstić information content (AvgIpc) is 2.42. The maximum atomic E-state index is 12.3. The Morgan fingerprint density at radius 1 is 1.30 bits per heavy atom. The van der Waals surface area contributed by atoms with Gasteiger partial charge in [0.15, 0.2) is 0 Å². The molecule has 1 heterocycles. The number of halogens is 2. The SMILES string of the molecule is CCc1cc(C(=O)Nc2cc(Br)ccc2Br)cc(N)n1. The van der Waals surface area contributed by atoms with Gasteiger partial charge >= 0.3 is 0 Å². The van der Waals surface area contributed by atoms with Crippen LogP contribution in [0.3, 0.4) is 0 Å². The normalized spacial score (nSPS) is 10.3. The summed E-state index contributed by atoms with van der Waals surface area (Å²) in [7, 11) is 0. The van der Waals surface area contributed by atoms with Crippen LogP contribution in [0.25, 0.3) is 0 Å². The van der Waals surface area contributed by atoms with Crippen LogP contribution in [0.4, 0.5) is 11.5 Å². The van der Waals surface area contributed by atoms with E-state index in [2.05, 4.69) is 42.2 Å². The molecule has 4 nitrogen and oxygen atoms in total. The van der Waals surface area contributed by atoms with E-state index in [1.165, 1.54) is 0 Å². The molecule has 0 saturated carbocycles. The van der Waals surface area contributed by atoms with E-state index in [0.29, 0.717) is 17.1 Å². The molecule has 0 saturated heterocycles. The van der Waals surface area contributed by atoms with Gasteiger partial charge in [0.05, 0.1) is 5.69 Å². The van der Waals surface area contributed by atoms with Crippen molar-refractivity contribution in [3.8, 4) is 0 Å². The zero-order valence-electron chi connectivity index (χ0n) is 10.8. The van der Waals surface area contributed by atoms with Crippen molar-refractivity contribution >= 4 is 49.3 Å². The molecule has 0 bridgehead atoms. The van der Waals surface area contributed by atoms with Gasteiger partial charge in [-0.15, -0.1) is 0 Å². The van der Waals surface area contributed by atoms with Crippen LogP contribution < -0.4 is 11.1 Å². The number of nitrogens with zero attached hydrogens (tertiary/aromatic N) is 1. The number of carbonyl (C=O) groups excluding carboxylic acids is 1. The number of nitrogens with two attached hydrogens (primary N) is 1. The summed E-state index contributed by atoms with van der Waals surface area (Å²) in [5.74, 6) is 0.135. The third-order valence-corrected chi connectivity index (χ3v) is 3.88. The second kappa shape index (κ2) is 6.37. The minimum absolute atomic E-state index is 0.215. The van der Waals surface area contributed by atoms with E-state index in [-0.39, 0.29) is 5.91 Å². The summed E-state index contributed by atoms with van der Waals surface area (Å²) < 4.78 is 1.70. The highest BCUT2D eigenvalue weighted by Gasteiger charge is 2.11. The van der Waals surface area contributed by atoms with Gasteiger partial charge in [-0.3, -0.25) is 4.79 Å². The number of hydrogen-bond acceptors (Lipinski definition) is 3. The molecular formula is C14H13Br2N3O. The first-order valence-corrected chi connectivity index (χ1v) is 7.61. The van der Waals surface area contributed by atoms with E-state index in [9.17, 15) is 4.79 Å². The summed E-state index contributed by atoms with van der Waals surface area (Å²) in [6, 6.07) is 8.89. The maximum Gasteiger partial charge on any atom is 0.255 e. The molecule has 0 fully saturated rings. The molecule has 1 aromatic heterocycles. The standard InChI is InChI=1S/C14H13Br2N3O/c1-2-10-5-8(6-13(17)18-10)14(20)19-12-7-9(15)3-4-11(12)16/h3-7H,2H2,1H3,(H2,17,18)(H,19,20). The van der Waals surface area contributed by atoms with Crippen LogP contribution in [0.15, 0.2) is 39.3 Å². The monoisotopic (exact) mass is 397 g/mol.